The van der Waals surface area contributed by atoms with Gasteiger partial charge in [0.1, 0.15) is 13.6 Å². The molecule has 0 amide bonds. The molecule has 3 aromatic rings. The van der Waals surface area contributed by atoms with Gasteiger partial charge >= 0.3 is 0 Å². The van der Waals surface area contributed by atoms with Crippen LogP contribution in [0.5, 0.6) is 0 Å². The lowest BCUT2D eigenvalue weighted by Gasteiger charge is -2.04. The third kappa shape index (κ3) is 8.42. The minimum atomic E-state index is 1.12. The van der Waals surface area contributed by atoms with Crippen molar-refractivity contribution >= 4 is 6.08 Å². The summed E-state index contributed by atoms with van der Waals surface area (Å²) in [6.07, 6.45) is 24.0. The average molecular weight is 429 g/mol. The Morgan fingerprint density at radius 3 is 1.69 bits per heavy atom. The summed E-state index contributed by atoms with van der Waals surface area (Å²) in [6.45, 7) is 4.94. The second kappa shape index (κ2) is 13.6. The maximum absolute atomic E-state index is 3.81. The maximum Gasteiger partial charge on any atom is 0.169 e. The van der Waals surface area contributed by atoms with Crippen molar-refractivity contribution in [2.45, 2.75) is 70.8 Å². The van der Waals surface area contributed by atoms with Gasteiger partial charge in [0, 0.05) is 30.7 Å². The van der Waals surface area contributed by atoms with Crippen molar-refractivity contribution in [3.8, 4) is 11.1 Å². The van der Waals surface area contributed by atoms with E-state index in [-0.39, 0.29) is 0 Å². The smallest absolute Gasteiger partial charge is 0.169 e. The van der Waals surface area contributed by atoms with Crippen LogP contribution in [0.3, 0.4) is 0 Å². The quantitative estimate of drug-likeness (QED) is 0.196. The van der Waals surface area contributed by atoms with E-state index >= 15 is 0 Å². The third-order valence-electron chi connectivity index (χ3n) is 6.30. The number of hydrogen-bond acceptors (Lipinski definition) is 0. The van der Waals surface area contributed by atoms with Crippen molar-refractivity contribution in [2.24, 2.45) is 7.05 Å². The predicted molar refractivity (Wildman–Crippen MR) is 135 cm³/mol. The van der Waals surface area contributed by atoms with Gasteiger partial charge < -0.3 is 0 Å². The van der Waals surface area contributed by atoms with Gasteiger partial charge in [-0.05, 0) is 41.5 Å². The molecule has 0 saturated heterocycles. The molecule has 1 aromatic carbocycles. The average Bonchev–Trinajstić information content (AvgIpc) is 2.84. The predicted octanol–water partition coefficient (Wildman–Crippen LogP) is 6.86. The van der Waals surface area contributed by atoms with Crippen LogP contribution in [-0.2, 0) is 20.0 Å². The largest absolute Gasteiger partial charge is 0.208 e. The van der Waals surface area contributed by atoms with Crippen LogP contribution in [0.1, 0.15) is 68.9 Å². The third-order valence-corrected chi connectivity index (χ3v) is 6.30. The van der Waals surface area contributed by atoms with Crippen molar-refractivity contribution in [3.05, 3.63) is 91.0 Å². The summed E-state index contributed by atoms with van der Waals surface area (Å²) in [7, 11) is 2.05. The van der Waals surface area contributed by atoms with Crippen LogP contribution in [0, 0.1) is 0 Å². The molecular formula is C30H40N2+2. The summed E-state index contributed by atoms with van der Waals surface area (Å²) in [4.78, 5) is 0. The second-order valence-electron chi connectivity index (χ2n) is 8.95. The van der Waals surface area contributed by atoms with E-state index in [1.54, 1.807) is 0 Å². The van der Waals surface area contributed by atoms with Gasteiger partial charge in [-0.15, -0.1) is 0 Å². The molecule has 0 saturated carbocycles. The number of benzene rings is 1. The first kappa shape index (κ1) is 23.9. The zero-order valence-electron chi connectivity index (χ0n) is 19.9. The molecule has 0 fully saturated rings. The highest BCUT2D eigenvalue weighted by molar-refractivity contribution is 5.60. The summed E-state index contributed by atoms with van der Waals surface area (Å²) >= 11 is 0. The number of unbranched alkanes of at least 4 members (excludes halogenated alkanes) is 8. The monoisotopic (exact) mass is 428 g/mol. The number of aryl methyl sites for hydroxylation is 3. The molecule has 2 heterocycles. The van der Waals surface area contributed by atoms with Gasteiger partial charge in [0.15, 0.2) is 24.8 Å². The van der Waals surface area contributed by atoms with Crippen LogP contribution in [0.4, 0.5) is 0 Å². The molecule has 2 nitrogen and oxygen atoms in total. The maximum atomic E-state index is 3.81. The van der Waals surface area contributed by atoms with E-state index in [1.165, 1.54) is 86.5 Å². The Morgan fingerprint density at radius 1 is 0.625 bits per heavy atom. The SMILES string of the molecule is C=Cc1ccc(CCCCCCCCCCC[n+]2ccc(-c3cc[n+](C)cc3)cc2)cc1. The van der Waals surface area contributed by atoms with Crippen LogP contribution in [0.15, 0.2) is 79.9 Å². The van der Waals surface area contributed by atoms with E-state index in [4.69, 9.17) is 0 Å². The lowest BCUT2D eigenvalue weighted by molar-refractivity contribution is -0.697. The summed E-state index contributed by atoms with van der Waals surface area (Å²) in [5, 5.41) is 0. The Hall–Kier alpha value is -2.74. The van der Waals surface area contributed by atoms with E-state index in [0.29, 0.717) is 0 Å². The first-order chi connectivity index (χ1) is 15.7. The summed E-state index contributed by atoms with van der Waals surface area (Å²) < 4.78 is 4.38. The number of aromatic nitrogens is 2. The van der Waals surface area contributed by atoms with Crippen molar-refractivity contribution in [2.75, 3.05) is 0 Å². The molecule has 2 heteroatoms. The molecule has 0 radical (unpaired) electrons. The molecular weight excluding hydrogens is 388 g/mol. The molecule has 0 aliphatic rings. The van der Waals surface area contributed by atoms with Crippen molar-refractivity contribution < 1.29 is 9.13 Å². The minimum Gasteiger partial charge on any atom is -0.208 e. The summed E-state index contributed by atoms with van der Waals surface area (Å²) in [5.74, 6) is 0. The van der Waals surface area contributed by atoms with E-state index in [0.717, 1.165) is 6.54 Å². The van der Waals surface area contributed by atoms with E-state index < -0.39 is 0 Å². The lowest BCUT2D eigenvalue weighted by Crippen LogP contribution is -2.32. The standard InChI is InChI=1S/C30H40N2/c1-3-27-14-16-28(17-15-27)13-11-9-7-5-4-6-8-10-12-22-32-25-20-30(21-26-32)29-18-23-31(2)24-19-29/h3,14-21,23-26H,1,4-13,22H2,2H3/q+2. The van der Waals surface area contributed by atoms with Gasteiger partial charge in [-0.1, -0.05) is 75.4 Å². The molecule has 0 N–H and O–H groups in total. The number of rotatable bonds is 14. The Bertz CT molecular complexity index is 909. The zero-order chi connectivity index (χ0) is 22.4. The zero-order valence-corrected chi connectivity index (χ0v) is 19.9. The van der Waals surface area contributed by atoms with Gasteiger partial charge in [0.25, 0.3) is 0 Å². The number of pyridine rings is 2. The number of hydrogen-bond donors (Lipinski definition) is 0. The Balaban J connectivity index is 1.18. The Morgan fingerprint density at radius 2 is 1.12 bits per heavy atom. The van der Waals surface area contributed by atoms with Crippen LogP contribution in [0.2, 0.25) is 0 Å². The molecule has 0 aliphatic carbocycles. The van der Waals surface area contributed by atoms with Crippen LogP contribution in [0.25, 0.3) is 17.2 Å². The summed E-state index contributed by atoms with van der Waals surface area (Å²) in [5.41, 5.74) is 5.23. The highest BCUT2D eigenvalue weighted by Crippen LogP contribution is 2.16. The fourth-order valence-corrected chi connectivity index (χ4v) is 4.17. The molecule has 0 aliphatic heterocycles. The van der Waals surface area contributed by atoms with Gasteiger partial charge in [-0.25, -0.2) is 9.13 Å². The molecule has 32 heavy (non-hydrogen) atoms. The molecule has 0 spiro atoms. The molecule has 0 bridgehead atoms. The number of nitrogens with zero attached hydrogens (tertiary/aromatic N) is 2. The van der Waals surface area contributed by atoms with Crippen molar-refractivity contribution in [3.63, 3.8) is 0 Å². The van der Waals surface area contributed by atoms with E-state index in [2.05, 4.69) is 96.1 Å². The lowest BCUT2D eigenvalue weighted by atomic mass is 10.0. The van der Waals surface area contributed by atoms with Crippen LogP contribution >= 0.6 is 0 Å². The topological polar surface area (TPSA) is 7.76 Å². The van der Waals surface area contributed by atoms with Gasteiger partial charge in [0.05, 0.1) is 0 Å². The van der Waals surface area contributed by atoms with Gasteiger partial charge in [-0.2, -0.15) is 0 Å². The highest BCUT2D eigenvalue weighted by atomic mass is 14.9. The molecule has 2 aromatic heterocycles. The molecule has 0 atom stereocenters. The van der Waals surface area contributed by atoms with Crippen LogP contribution in [-0.4, -0.2) is 0 Å². The first-order valence-corrected chi connectivity index (χ1v) is 12.4. The van der Waals surface area contributed by atoms with E-state index in [1.807, 2.05) is 6.08 Å². The Labute approximate surface area is 195 Å². The Kier molecular flexibility index (Phi) is 10.2. The molecule has 168 valence electrons. The molecule has 3 rings (SSSR count). The van der Waals surface area contributed by atoms with Gasteiger partial charge in [-0.3, -0.25) is 0 Å². The minimum absolute atomic E-state index is 1.12. The second-order valence-corrected chi connectivity index (χ2v) is 8.95. The first-order valence-electron chi connectivity index (χ1n) is 12.4. The van der Waals surface area contributed by atoms with E-state index in [9.17, 15) is 0 Å². The fourth-order valence-electron chi connectivity index (χ4n) is 4.17. The molecule has 0 unspecified atom stereocenters. The normalized spacial score (nSPS) is 10.9. The van der Waals surface area contributed by atoms with Gasteiger partial charge in [0.2, 0.25) is 0 Å². The highest BCUT2D eigenvalue weighted by Gasteiger charge is 2.04. The fraction of sp³-hybridized carbons (Fsp3) is 0.400. The van der Waals surface area contributed by atoms with Crippen LogP contribution < -0.4 is 9.13 Å². The summed E-state index contributed by atoms with van der Waals surface area (Å²) in [6, 6.07) is 17.6. The van der Waals surface area contributed by atoms with Crippen molar-refractivity contribution in [1.29, 1.82) is 0 Å². The van der Waals surface area contributed by atoms with Crippen molar-refractivity contribution in [1.82, 2.24) is 0 Å².